The Morgan fingerprint density at radius 2 is 1.53 bits per heavy atom. The van der Waals surface area contributed by atoms with Gasteiger partial charge in [0, 0.05) is 58.0 Å². The summed E-state index contributed by atoms with van der Waals surface area (Å²) in [7, 11) is 3.00. The minimum absolute atomic E-state index is 0.00568. The van der Waals surface area contributed by atoms with Crippen LogP contribution < -0.4 is 0 Å². The number of hydrogen-bond acceptors (Lipinski definition) is 16. The number of rotatable bonds is 16. The van der Waals surface area contributed by atoms with Crippen LogP contribution in [0.5, 0.6) is 0 Å². The van der Waals surface area contributed by atoms with Crippen LogP contribution in [0.3, 0.4) is 0 Å². The summed E-state index contributed by atoms with van der Waals surface area (Å²) in [5.41, 5.74) is -0.0459. The molecule has 0 aromatic rings. The molecule has 17 nitrogen and oxygen atoms in total. The Bertz CT molecular complexity index is 2100. The van der Waals surface area contributed by atoms with Crippen molar-refractivity contribution in [2.24, 2.45) is 35.5 Å². The van der Waals surface area contributed by atoms with Crippen molar-refractivity contribution in [3.8, 4) is 0 Å². The van der Waals surface area contributed by atoms with E-state index in [-0.39, 0.29) is 87.2 Å². The number of carbonyl (C=O) groups is 5. The number of esters is 1. The maximum atomic E-state index is 14.7. The van der Waals surface area contributed by atoms with Crippen LogP contribution in [0.1, 0.15) is 166 Å². The van der Waals surface area contributed by atoms with E-state index in [0.717, 1.165) is 12.0 Å². The van der Waals surface area contributed by atoms with Gasteiger partial charge in [0.15, 0.2) is 5.78 Å². The molecule has 79 heavy (non-hydrogen) atoms. The number of allylic oxidation sites excluding steroid dienone is 6. The molecule has 0 spiro atoms. The van der Waals surface area contributed by atoms with E-state index in [9.17, 15) is 44.4 Å². The molecule has 1 amide bonds. The average molecular weight is 1120 g/mol. The van der Waals surface area contributed by atoms with Crippen LogP contribution in [0, 0.1) is 35.5 Å². The number of ketones is 3. The smallest absolute Gasteiger partial charge is 0.329 e. The van der Waals surface area contributed by atoms with E-state index in [1.165, 1.54) is 12.0 Å². The lowest BCUT2D eigenvalue weighted by Crippen LogP contribution is -2.61. The van der Waals surface area contributed by atoms with Gasteiger partial charge < -0.3 is 58.5 Å². The maximum absolute atomic E-state index is 14.7. The minimum Gasteiger partial charge on any atom is -0.460 e. The zero-order chi connectivity index (χ0) is 58.8. The highest BCUT2D eigenvalue weighted by atomic mass is 16.6. The number of nitrogens with zero attached hydrogens (tertiary/aromatic N) is 1. The Morgan fingerprint density at radius 3 is 2.20 bits per heavy atom. The number of amides is 1. The topological polar surface area (TPSA) is 234 Å². The molecule has 0 aromatic heterocycles. The molecule has 0 radical (unpaired) electrons. The molecule has 1 aliphatic carbocycles. The highest BCUT2D eigenvalue weighted by Crippen LogP contribution is 2.39. The molecule has 1 saturated carbocycles. The predicted octanol–water partition coefficient (Wildman–Crippen LogP) is 7.91. The number of ether oxygens (including phenoxy) is 7. The second-order valence-electron chi connectivity index (χ2n) is 24.6. The normalized spacial score (nSPS) is 35.8. The van der Waals surface area contributed by atoms with Crippen LogP contribution in [-0.2, 0) is 57.1 Å². The summed E-state index contributed by atoms with van der Waals surface area (Å²) in [5, 5.41) is 42.9. The highest BCUT2D eigenvalue weighted by molar-refractivity contribution is 6.39. The molecule has 4 rings (SSSR count). The fourth-order valence-corrected chi connectivity index (χ4v) is 11.7. The Morgan fingerprint density at radius 1 is 0.810 bits per heavy atom. The van der Waals surface area contributed by atoms with Crippen molar-refractivity contribution in [3.05, 3.63) is 47.6 Å². The lowest BCUT2D eigenvalue weighted by atomic mass is 9.78. The van der Waals surface area contributed by atoms with Gasteiger partial charge >= 0.3 is 5.97 Å². The first-order valence-corrected chi connectivity index (χ1v) is 29.3. The van der Waals surface area contributed by atoms with E-state index in [4.69, 9.17) is 33.2 Å². The van der Waals surface area contributed by atoms with E-state index in [2.05, 4.69) is 0 Å². The van der Waals surface area contributed by atoms with E-state index in [0.29, 0.717) is 76.4 Å². The Hall–Kier alpha value is -3.49. The number of fused-ring (bicyclic) bond motifs is 3. The van der Waals surface area contributed by atoms with Gasteiger partial charge in [-0.05, 0) is 147 Å². The summed E-state index contributed by atoms with van der Waals surface area (Å²) in [6.07, 6.45) is 12.3. The first kappa shape index (κ1) is 68.0. The molecular weight excluding hydrogens is 1010 g/mol. The van der Waals surface area contributed by atoms with Crippen molar-refractivity contribution >= 4 is 29.2 Å². The van der Waals surface area contributed by atoms with Gasteiger partial charge in [0.1, 0.15) is 30.1 Å². The molecule has 3 fully saturated rings. The number of aliphatic hydroxyl groups excluding tert-OH is 3. The maximum Gasteiger partial charge on any atom is 0.329 e. The van der Waals surface area contributed by atoms with Crippen LogP contribution in [0.2, 0.25) is 0 Å². The highest BCUT2D eigenvalue weighted by Gasteiger charge is 2.53. The van der Waals surface area contributed by atoms with Gasteiger partial charge in [0.2, 0.25) is 5.79 Å². The third kappa shape index (κ3) is 20.1. The third-order valence-electron chi connectivity index (χ3n) is 17.0. The lowest BCUT2D eigenvalue weighted by Gasteiger charge is -2.43. The Balaban J connectivity index is 1.74. The van der Waals surface area contributed by atoms with Gasteiger partial charge in [-0.2, -0.15) is 0 Å². The number of cyclic esters (lactones) is 1. The molecule has 0 aromatic carbocycles. The zero-order valence-corrected chi connectivity index (χ0v) is 50.1. The SMILES string of the molecule is COC1C(=O)[C@H](C)C[C@H](C)/C=C/C=C/C=C(\C)C(OC(C)(C)CCOC(C)(C)CCO)C[C@@H]2CC[C@@H](C)[C@@](O)(O2)C(=O)C(=O)N2CCCC[C@H]2C(=O)O[C@H]([C@H](C)C[C@@H]2CC[C@@H](OCCO)[C@H](OC)C2)CC(=O)[C@H](C)/C=C(\C)[C@H]1O. The second-order valence-corrected chi connectivity index (χ2v) is 24.6. The molecule has 2 bridgehead atoms. The van der Waals surface area contributed by atoms with Gasteiger partial charge in [0.25, 0.3) is 11.7 Å². The largest absolute Gasteiger partial charge is 0.460 e. The zero-order valence-electron chi connectivity index (χ0n) is 50.1. The lowest BCUT2D eigenvalue weighted by molar-refractivity contribution is -0.267. The molecule has 450 valence electrons. The van der Waals surface area contributed by atoms with Crippen LogP contribution in [0.4, 0.5) is 0 Å². The molecule has 17 heteroatoms. The molecule has 15 atom stereocenters. The van der Waals surface area contributed by atoms with Crippen LogP contribution in [0.15, 0.2) is 47.6 Å². The standard InChI is InChI=1S/C62H101NO16/c1-39-19-15-14-16-20-40(2)52(79-61(10,11)27-31-76-60(8,9)26-29-64)37-47-24-22-45(7)62(72,78-47)57(69)58(70)63-28-18-17-21-48(63)59(71)77-51(42(4)35-46-23-25-50(75-32-30-65)53(36-46)73-12)38-49(66)41(3)34-44(6)55(68)56(74-13)54(67)43(5)33-39/h14-16,19-20,34,39,41-43,45-48,50-53,55-56,64-65,68,72H,17-18,21-33,35-38H2,1-13H3/b16-14+,19-15+,40-20+,44-34+/t39-,41-,42-,43-,45-,46+,47+,48+,50-,51+,52?,53-,55-,56?,62-/m1/s1. The summed E-state index contributed by atoms with van der Waals surface area (Å²) in [4.78, 5) is 73.3. The third-order valence-corrected chi connectivity index (χ3v) is 17.0. The van der Waals surface area contributed by atoms with Gasteiger partial charge in [-0.3, -0.25) is 19.2 Å². The Kier molecular flexibility index (Phi) is 27.4. The van der Waals surface area contributed by atoms with Crippen molar-refractivity contribution in [2.75, 3.05) is 47.2 Å². The number of piperidine rings is 1. The molecule has 4 aliphatic rings. The van der Waals surface area contributed by atoms with Crippen molar-refractivity contribution in [3.63, 3.8) is 0 Å². The van der Waals surface area contributed by atoms with E-state index in [1.54, 1.807) is 34.0 Å². The molecule has 3 heterocycles. The van der Waals surface area contributed by atoms with Crippen molar-refractivity contribution in [2.45, 2.75) is 232 Å². The van der Waals surface area contributed by atoms with Gasteiger partial charge in [-0.1, -0.05) is 71.1 Å². The quantitative estimate of drug-likeness (QED) is 0.0653. The van der Waals surface area contributed by atoms with Crippen molar-refractivity contribution in [1.29, 1.82) is 0 Å². The number of hydrogen-bond donors (Lipinski definition) is 4. The molecule has 4 N–H and O–H groups in total. The van der Waals surface area contributed by atoms with Gasteiger partial charge in [0.05, 0.1) is 55.4 Å². The first-order valence-electron chi connectivity index (χ1n) is 29.3. The van der Waals surface area contributed by atoms with Gasteiger partial charge in [-0.15, -0.1) is 0 Å². The fourth-order valence-electron chi connectivity index (χ4n) is 11.7. The van der Waals surface area contributed by atoms with E-state index < -0.39 is 89.0 Å². The second kappa shape index (κ2) is 31.8. The van der Waals surface area contributed by atoms with Crippen molar-refractivity contribution < 1.29 is 77.6 Å². The fraction of sp³-hybridized carbons (Fsp3) is 0.790. The summed E-state index contributed by atoms with van der Waals surface area (Å²) >= 11 is 0. The number of methoxy groups -OCH3 is 2. The molecular formula is C62H101NO16. The number of carbonyl (C=O) groups excluding carboxylic acids is 5. The van der Waals surface area contributed by atoms with Crippen LogP contribution in [0.25, 0.3) is 0 Å². The number of Topliss-reactive ketones (excluding diaryl/α,β-unsaturated/α-hetero) is 3. The van der Waals surface area contributed by atoms with Crippen LogP contribution >= 0.6 is 0 Å². The minimum atomic E-state index is -2.51. The summed E-state index contributed by atoms with van der Waals surface area (Å²) in [6.45, 7) is 21.0. The monoisotopic (exact) mass is 1120 g/mol. The van der Waals surface area contributed by atoms with E-state index in [1.807, 2.05) is 85.8 Å². The summed E-state index contributed by atoms with van der Waals surface area (Å²) in [5.74, 6) is -8.32. The van der Waals surface area contributed by atoms with Crippen LogP contribution in [-0.4, -0.2) is 168 Å². The first-order chi connectivity index (χ1) is 37.2. The summed E-state index contributed by atoms with van der Waals surface area (Å²) < 4.78 is 43.1. The van der Waals surface area contributed by atoms with E-state index >= 15 is 0 Å². The average Bonchev–Trinajstić information content (AvgIpc) is 3.43. The van der Waals surface area contributed by atoms with Crippen molar-refractivity contribution in [1.82, 2.24) is 4.90 Å². The summed E-state index contributed by atoms with van der Waals surface area (Å²) in [6, 6.07) is -1.18. The molecule has 3 aliphatic heterocycles. The number of aliphatic hydroxyl groups is 4. The predicted molar refractivity (Wildman–Crippen MR) is 300 cm³/mol. The molecule has 2 saturated heterocycles. The Labute approximate surface area is 472 Å². The molecule has 2 unspecified atom stereocenters. The van der Waals surface area contributed by atoms with Gasteiger partial charge in [-0.25, -0.2) is 4.79 Å².